The van der Waals surface area contributed by atoms with Crippen LogP contribution in [0.4, 0.5) is 0 Å². The van der Waals surface area contributed by atoms with E-state index in [1.807, 2.05) is 43.3 Å². The molecule has 3 aromatic carbocycles. The molecular weight excluding hydrogens is 395 g/mol. The number of carbonyl (C=O) groups excluding carboxylic acids is 1. The molecule has 0 aromatic heterocycles. The van der Waals surface area contributed by atoms with Crippen LogP contribution >= 0.6 is 23.2 Å². The van der Waals surface area contributed by atoms with Crippen LogP contribution in [0.15, 0.2) is 71.8 Å². The second-order valence-corrected chi connectivity index (χ2v) is 6.99. The number of aryl methyl sites for hydroxylation is 1. The van der Waals surface area contributed by atoms with E-state index in [0.717, 1.165) is 16.9 Å². The molecule has 1 amide bonds. The number of nitrogens with zero attached hydrogens (tertiary/aromatic N) is 1. The number of hydrogen-bond donors (Lipinski definition) is 1. The topological polar surface area (TPSA) is 50.7 Å². The Morgan fingerprint density at radius 3 is 2.57 bits per heavy atom. The number of ether oxygens (including phenoxy) is 1. The smallest absolute Gasteiger partial charge is 0.271 e. The quantitative estimate of drug-likeness (QED) is 0.420. The third-order valence-corrected chi connectivity index (χ3v) is 4.68. The van der Waals surface area contributed by atoms with E-state index in [-0.39, 0.29) is 5.91 Å². The number of hydrazone groups is 1. The van der Waals surface area contributed by atoms with Crippen molar-refractivity contribution in [2.45, 2.75) is 13.5 Å². The highest BCUT2D eigenvalue weighted by Gasteiger charge is 2.07. The first-order valence-corrected chi connectivity index (χ1v) is 9.34. The van der Waals surface area contributed by atoms with Gasteiger partial charge in [0, 0.05) is 5.56 Å². The third-order valence-electron chi connectivity index (χ3n) is 3.95. The molecule has 3 rings (SSSR count). The molecule has 0 aliphatic carbocycles. The molecule has 0 aliphatic heterocycles. The molecule has 0 fully saturated rings. The van der Waals surface area contributed by atoms with Gasteiger partial charge in [-0.25, -0.2) is 5.43 Å². The molecule has 0 heterocycles. The van der Waals surface area contributed by atoms with Gasteiger partial charge in [-0.1, -0.05) is 65.2 Å². The van der Waals surface area contributed by atoms with Gasteiger partial charge in [0.25, 0.3) is 5.91 Å². The lowest BCUT2D eigenvalue weighted by Gasteiger charge is -2.07. The largest absolute Gasteiger partial charge is 0.489 e. The highest BCUT2D eigenvalue weighted by atomic mass is 35.5. The molecule has 142 valence electrons. The highest BCUT2D eigenvalue weighted by Crippen LogP contribution is 2.22. The summed E-state index contributed by atoms with van der Waals surface area (Å²) in [5, 5.41) is 4.69. The van der Waals surface area contributed by atoms with E-state index in [2.05, 4.69) is 22.7 Å². The van der Waals surface area contributed by atoms with E-state index < -0.39 is 0 Å². The lowest BCUT2D eigenvalue weighted by molar-refractivity contribution is 0.0955. The van der Waals surface area contributed by atoms with Gasteiger partial charge in [-0.2, -0.15) is 5.10 Å². The SMILES string of the molecule is Cc1ccc(COc2cccc(/C=N\NC(=O)c3ccc(Cl)c(Cl)c3)c2)cc1. The normalized spacial score (nSPS) is 10.8. The lowest BCUT2D eigenvalue weighted by atomic mass is 10.2. The van der Waals surface area contributed by atoms with Crippen LogP contribution in [0.3, 0.4) is 0 Å². The maximum Gasteiger partial charge on any atom is 0.271 e. The fourth-order valence-electron chi connectivity index (χ4n) is 2.40. The molecule has 0 saturated carbocycles. The lowest BCUT2D eigenvalue weighted by Crippen LogP contribution is -2.17. The van der Waals surface area contributed by atoms with Crippen molar-refractivity contribution in [2.75, 3.05) is 0 Å². The second-order valence-electron chi connectivity index (χ2n) is 6.17. The van der Waals surface area contributed by atoms with Gasteiger partial charge in [0.05, 0.1) is 16.3 Å². The number of carbonyl (C=O) groups is 1. The molecule has 0 atom stereocenters. The van der Waals surface area contributed by atoms with Gasteiger partial charge >= 0.3 is 0 Å². The van der Waals surface area contributed by atoms with Crippen LogP contribution in [0.2, 0.25) is 10.0 Å². The first-order valence-electron chi connectivity index (χ1n) is 8.58. The third kappa shape index (κ3) is 5.59. The molecule has 4 nitrogen and oxygen atoms in total. The van der Waals surface area contributed by atoms with Crippen molar-refractivity contribution in [3.63, 3.8) is 0 Å². The van der Waals surface area contributed by atoms with Crippen LogP contribution in [-0.4, -0.2) is 12.1 Å². The molecule has 0 radical (unpaired) electrons. The summed E-state index contributed by atoms with van der Waals surface area (Å²) < 4.78 is 5.82. The number of benzene rings is 3. The molecule has 0 aliphatic rings. The number of halogens is 2. The van der Waals surface area contributed by atoms with Crippen molar-refractivity contribution in [1.29, 1.82) is 0 Å². The van der Waals surface area contributed by atoms with Gasteiger partial charge in [0.2, 0.25) is 0 Å². The van der Waals surface area contributed by atoms with Crippen LogP contribution in [0.5, 0.6) is 5.75 Å². The Balaban J connectivity index is 1.58. The second kappa shape index (κ2) is 9.40. The van der Waals surface area contributed by atoms with Crippen LogP contribution in [0.1, 0.15) is 27.0 Å². The molecule has 6 heteroatoms. The predicted molar refractivity (Wildman–Crippen MR) is 113 cm³/mol. The Hall–Kier alpha value is -2.82. The summed E-state index contributed by atoms with van der Waals surface area (Å²) in [6, 6.07) is 20.3. The molecule has 0 bridgehead atoms. The van der Waals surface area contributed by atoms with Crippen molar-refractivity contribution in [1.82, 2.24) is 5.43 Å². The number of rotatable bonds is 6. The summed E-state index contributed by atoms with van der Waals surface area (Å²) in [6.45, 7) is 2.53. The van der Waals surface area contributed by atoms with Crippen molar-refractivity contribution in [3.05, 3.63) is 99.0 Å². The number of hydrogen-bond acceptors (Lipinski definition) is 3. The fraction of sp³-hybridized carbons (Fsp3) is 0.0909. The first kappa shape index (κ1) is 19.9. The Bertz CT molecular complexity index is 1000. The molecule has 0 unspecified atom stereocenters. The minimum atomic E-state index is -0.374. The minimum Gasteiger partial charge on any atom is -0.489 e. The molecule has 0 spiro atoms. The van der Waals surface area contributed by atoms with E-state index in [0.29, 0.717) is 22.2 Å². The van der Waals surface area contributed by atoms with Gasteiger partial charge in [-0.3, -0.25) is 4.79 Å². The van der Waals surface area contributed by atoms with Crippen LogP contribution in [0.25, 0.3) is 0 Å². The van der Waals surface area contributed by atoms with Gasteiger partial charge in [0.1, 0.15) is 12.4 Å². The highest BCUT2D eigenvalue weighted by molar-refractivity contribution is 6.42. The Kier molecular flexibility index (Phi) is 6.69. The Labute approximate surface area is 173 Å². The summed E-state index contributed by atoms with van der Waals surface area (Å²) in [5.74, 6) is 0.349. The molecule has 1 N–H and O–H groups in total. The van der Waals surface area contributed by atoms with Crippen LogP contribution in [0, 0.1) is 6.92 Å². The first-order chi connectivity index (χ1) is 13.5. The average Bonchev–Trinajstić information content (AvgIpc) is 2.70. The van der Waals surface area contributed by atoms with Gasteiger partial charge in [-0.15, -0.1) is 0 Å². The van der Waals surface area contributed by atoms with E-state index in [1.54, 1.807) is 18.3 Å². The zero-order chi connectivity index (χ0) is 19.9. The summed E-state index contributed by atoms with van der Waals surface area (Å²) in [5.41, 5.74) is 5.95. The fourth-order valence-corrected chi connectivity index (χ4v) is 2.70. The van der Waals surface area contributed by atoms with Gasteiger partial charge < -0.3 is 4.74 Å². The van der Waals surface area contributed by atoms with E-state index in [9.17, 15) is 4.79 Å². The zero-order valence-electron chi connectivity index (χ0n) is 15.2. The van der Waals surface area contributed by atoms with Crippen LogP contribution in [-0.2, 0) is 6.61 Å². The van der Waals surface area contributed by atoms with Crippen LogP contribution < -0.4 is 10.2 Å². The molecular formula is C22H18Cl2N2O2. The minimum absolute atomic E-state index is 0.316. The molecule has 28 heavy (non-hydrogen) atoms. The monoisotopic (exact) mass is 412 g/mol. The van der Waals surface area contributed by atoms with E-state index in [1.165, 1.54) is 11.6 Å². The number of amides is 1. The maximum atomic E-state index is 12.1. The van der Waals surface area contributed by atoms with Crippen molar-refractivity contribution >= 4 is 35.3 Å². The van der Waals surface area contributed by atoms with Gasteiger partial charge in [-0.05, 0) is 48.4 Å². The van der Waals surface area contributed by atoms with E-state index in [4.69, 9.17) is 27.9 Å². The summed E-state index contributed by atoms with van der Waals surface area (Å²) >= 11 is 11.8. The summed E-state index contributed by atoms with van der Waals surface area (Å²) in [7, 11) is 0. The Morgan fingerprint density at radius 1 is 1.04 bits per heavy atom. The maximum absolute atomic E-state index is 12.1. The van der Waals surface area contributed by atoms with Crippen molar-refractivity contribution < 1.29 is 9.53 Å². The predicted octanol–water partition coefficient (Wildman–Crippen LogP) is 5.64. The average molecular weight is 413 g/mol. The zero-order valence-corrected chi connectivity index (χ0v) is 16.7. The van der Waals surface area contributed by atoms with Crippen molar-refractivity contribution in [3.8, 4) is 5.75 Å². The van der Waals surface area contributed by atoms with E-state index >= 15 is 0 Å². The Morgan fingerprint density at radius 2 is 1.82 bits per heavy atom. The molecule has 0 saturated heterocycles. The standard InChI is InChI=1S/C22H18Cl2N2O2/c1-15-5-7-16(8-6-15)14-28-19-4-2-3-17(11-19)13-25-26-22(27)18-9-10-20(23)21(24)12-18/h2-13H,14H2,1H3,(H,26,27)/b25-13-. The number of nitrogens with one attached hydrogen (secondary N) is 1. The van der Waals surface area contributed by atoms with Crippen molar-refractivity contribution in [2.24, 2.45) is 5.10 Å². The summed E-state index contributed by atoms with van der Waals surface area (Å²) in [4.78, 5) is 12.1. The summed E-state index contributed by atoms with van der Waals surface area (Å²) in [6.07, 6.45) is 1.55. The molecule has 3 aromatic rings. The van der Waals surface area contributed by atoms with Gasteiger partial charge in [0.15, 0.2) is 0 Å².